The van der Waals surface area contributed by atoms with Crippen molar-refractivity contribution in [3.63, 3.8) is 0 Å². The van der Waals surface area contributed by atoms with Gasteiger partial charge in [-0.1, -0.05) is 53.7 Å². The van der Waals surface area contributed by atoms with Gasteiger partial charge in [-0.3, -0.25) is 9.44 Å². The Morgan fingerprint density at radius 1 is 0.706 bits per heavy atom. The molecule has 0 bridgehead atoms. The van der Waals surface area contributed by atoms with Crippen LogP contribution in [0.15, 0.2) is 73.8 Å². The third-order valence-electron chi connectivity index (χ3n) is 7.85. The van der Waals surface area contributed by atoms with E-state index in [1.54, 1.807) is 53.2 Å². The van der Waals surface area contributed by atoms with Crippen molar-refractivity contribution in [2.45, 2.75) is 52.4 Å². The third-order valence-corrected chi connectivity index (χ3v) is 10.3. The summed E-state index contributed by atoms with van der Waals surface area (Å²) in [6.45, 7) is 19.5. The predicted octanol–water partition coefficient (Wildman–Crippen LogP) is 4.83. The fraction of sp³-hybridized carbons (Fsp3) is 0.286. The summed E-state index contributed by atoms with van der Waals surface area (Å²) in [6.07, 6.45) is 4.69. The Morgan fingerprint density at radius 2 is 1.22 bits per heavy atom. The number of benzene rings is 2. The van der Waals surface area contributed by atoms with Gasteiger partial charge in [-0.15, -0.1) is 32.6 Å². The molecule has 0 aliphatic heterocycles. The first-order valence-electron chi connectivity index (χ1n) is 16.1. The van der Waals surface area contributed by atoms with Gasteiger partial charge in [0.25, 0.3) is 0 Å². The Labute approximate surface area is 296 Å². The molecule has 0 amide bonds. The molecule has 0 saturated heterocycles. The summed E-state index contributed by atoms with van der Waals surface area (Å²) in [5, 5.41) is 20.0. The highest BCUT2D eigenvalue weighted by Gasteiger charge is 2.28. The minimum atomic E-state index is -3.53. The molecule has 3 N–H and O–H groups in total. The Kier molecular flexibility index (Phi) is 8.88. The van der Waals surface area contributed by atoms with Gasteiger partial charge in [0.1, 0.15) is 0 Å². The number of nitrogens with one attached hydrogen (secondary N) is 3. The number of H-pyrrole nitrogens is 1. The van der Waals surface area contributed by atoms with Crippen molar-refractivity contribution in [2.24, 2.45) is 0 Å². The van der Waals surface area contributed by atoms with Crippen LogP contribution in [0.5, 0.6) is 0 Å². The van der Waals surface area contributed by atoms with Gasteiger partial charge in [-0.2, -0.15) is 10.2 Å². The van der Waals surface area contributed by atoms with Crippen LogP contribution >= 0.6 is 0 Å². The Bertz CT molecular complexity index is 2550. The lowest BCUT2D eigenvalue weighted by atomic mass is 9.88. The second-order valence-electron chi connectivity index (χ2n) is 14.2. The number of aromatic nitrogens is 8. The van der Waals surface area contributed by atoms with Gasteiger partial charge in [-0.25, -0.2) is 21.8 Å². The van der Waals surface area contributed by atoms with Crippen LogP contribution in [0.2, 0.25) is 0 Å². The summed E-state index contributed by atoms with van der Waals surface area (Å²) in [6, 6.07) is 13.7. The maximum atomic E-state index is 12.2. The molecule has 14 nitrogen and oxygen atoms in total. The van der Waals surface area contributed by atoms with Crippen molar-refractivity contribution in [1.82, 2.24) is 39.6 Å². The molecular weight excluding hydrogens is 689 g/mol. The first-order chi connectivity index (χ1) is 23.9. The lowest BCUT2D eigenvalue weighted by Crippen LogP contribution is -2.22. The second-order valence-corrected chi connectivity index (χ2v) is 17.8. The SMILES string of the molecule is C=CCS(=O)(=O)Nc1ccc(-c2nc3/c(=C\c4c(C(C)(C)C)nn5nc(-c6ccc(NS(=O)(=O)CC=C)cc6)[nH]c45)c(C(C)(C)C)nn3n2)cc1. The highest BCUT2D eigenvalue weighted by Crippen LogP contribution is 2.30. The first-order valence-corrected chi connectivity index (χ1v) is 19.4. The Balaban J connectivity index is 1.44. The minimum Gasteiger partial charge on any atom is -0.321 e. The molecule has 51 heavy (non-hydrogen) atoms. The average molecular weight is 729 g/mol. The van der Waals surface area contributed by atoms with Crippen LogP contribution in [0.1, 0.15) is 58.5 Å². The highest BCUT2D eigenvalue weighted by atomic mass is 32.2. The zero-order valence-electron chi connectivity index (χ0n) is 29.3. The molecule has 0 aliphatic rings. The molecule has 6 rings (SSSR count). The van der Waals surface area contributed by atoms with E-state index in [-0.39, 0.29) is 22.3 Å². The topological polar surface area (TPSA) is 181 Å². The molecule has 16 heteroatoms. The average Bonchev–Trinajstić information content (AvgIpc) is 3.78. The van der Waals surface area contributed by atoms with Crippen LogP contribution in [0.3, 0.4) is 0 Å². The molecule has 0 spiro atoms. The standard InChI is InChI=1S/C35H40N10O4S2/c1-9-19-50(46,47)42-24-15-11-22(12-16-24)30-36-32-26(28(34(3,4)5)38-44(32)40-30)21-27-29(35(6,7)8)39-45-33(27)37-31(41-45)23-13-17-25(18-14-23)43-51(48,49)20-10-2/h9-18,21,42-43H,1-2,19-20H2,3-8H3,(H,36,40)/b27-21-. The van der Waals surface area contributed by atoms with Crippen LogP contribution < -0.4 is 14.7 Å². The van der Waals surface area contributed by atoms with E-state index in [1.165, 1.54) is 16.8 Å². The van der Waals surface area contributed by atoms with Gasteiger partial charge in [-0.05, 0) is 54.6 Å². The molecule has 0 unspecified atom stereocenters. The number of hydrogen-bond donors (Lipinski definition) is 3. The molecule has 2 aromatic carbocycles. The molecular formula is C35H40N10O4S2. The molecule has 4 aromatic heterocycles. The summed E-state index contributed by atoms with van der Waals surface area (Å²) >= 11 is 0. The highest BCUT2D eigenvalue weighted by molar-refractivity contribution is 7.93. The van der Waals surface area contributed by atoms with E-state index in [2.05, 4.69) is 69.1 Å². The quantitative estimate of drug-likeness (QED) is 0.158. The molecule has 266 valence electrons. The molecule has 0 fully saturated rings. The van der Waals surface area contributed by atoms with Crippen LogP contribution in [0.25, 0.3) is 40.1 Å². The monoisotopic (exact) mass is 728 g/mol. The lowest BCUT2D eigenvalue weighted by molar-refractivity contribution is 0.553. The van der Waals surface area contributed by atoms with Gasteiger partial charge in [0.15, 0.2) is 22.9 Å². The summed E-state index contributed by atoms with van der Waals surface area (Å²) in [4.78, 5) is 8.33. The van der Waals surface area contributed by atoms with Crippen LogP contribution in [0.4, 0.5) is 11.4 Å². The van der Waals surface area contributed by atoms with Crippen molar-refractivity contribution >= 4 is 48.8 Å². The predicted molar refractivity (Wildman–Crippen MR) is 200 cm³/mol. The summed E-state index contributed by atoms with van der Waals surface area (Å²) in [7, 11) is -7.06. The number of hydrogen-bond acceptors (Lipinski definition) is 9. The van der Waals surface area contributed by atoms with Crippen molar-refractivity contribution in [1.29, 1.82) is 0 Å². The normalized spacial score (nSPS) is 13.3. The first kappa shape index (κ1) is 35.5. The van der Waals surface area contributed by atoms with E-state index in [0.717, 1.165) is 27.7 Å². The smallest absolute Gasteiger partial charge is 0.236 e. The number of nitrogens with zero attached hydrogens (tertiary/aromatic N) is 7. The van der Waals surface area contributed by atoms with Crippen LogP contribution in [-0.4, -0.2) is 68.0 Å². The molecule has 0 saturated carbocycles. The van der Waals surface area contributed by atoms with E-state index >= 15 is 0 Å². The van der Waals surface area contributed by atoms with Crippen molar-refractivity contribution in [2.75, 3.05) is 20.9 Å². The molecule has 6 aromatic rings. The van der Waals surface area contributed by atoms with E-state index < -0.39 is 20.0 Å². The Hall–Kier alpha value is -5.35. The van der Waals surface area contributed by atoms with E-state index in [4.69, 9.17) is 25.4 Å². The second kappa shape index (κ2) is 12.8. The van der Waals surface area contributed by atoms with Gasteiger partial charge < -0.3 is 4.98 Å². The number of aromatic amines is 1. The van der Waals surface area contributed by atoms with Gasteiger partial charge in [0.2, 0.25) is 20.0 Å². The van der Waals surface area contributed by atoms with E-state index in [1.807, 2.05) is 6.08 Å². The summed E-state index contributed by atoms with van der Waals surface area (Å²) < 4.78 is 56.9. The lowest BCUT2D eigenvalue weighted by Gasteiger charge is -2.17. The van der Waals surface area contributed by atoms with E-state index in [9.17, 15) is 16.8 Å². The Morgan fingerprint density at radius 3 is 1.73 bits per heavy atom. The molecule has 0 atom stereocenters. The number of fused-ring (bicyclic) bond motifs is 2. The van der Waals surface area contributed by atoms with Crippen molar-refractivity contribution < 1.29 is 16.8 Å². The van der Waals surface area contributed by atoms with Gasteiger partial charge in [0, 0.05) is 44.1 Å². The zero-order valence-corrected chi connectivity index (χ0v) is 30.9. The van der Waals surface area contributed by atoms with Gasteiger partial charge >= 0.3 is 0 Å². The number of sulfonamides is 2. The largest absolute Gasteiger partial charge is 0.321 e. The summed E-state index contributed by atoms with van der Waals surface area (Å²) in [5.41, 5.74) is 5.22. The zero-order chi connectivity index (χ0) is 36.9. The van der Waals surface area contributed by atoms with Crippen molar-refractivity contribution in [3.05, 3.63) is 96.0 Å². The van der Waals surface area contributed by atoms with Crippen molar-refractivity contribution in [3.8, 4) is 22.8 Å². The molecule has 4 heterocycles. The fourth-order valence-corrected chi connectivity index (χ4v) is 7.32. The molecule has 0 aliphatic carbocycles. The maximum Gasteiger partial charge on any atom is 0.236 e. The maximum absolute atomic E-state index is 12.2. The van der Waals surface area contributed by atoms with Crippen LogP contribution in [0, 0.1) is 0 Å². The van der Waals surface area contributed by atoms with E-state index in [0.29, 0.717) is 39.9 Å². The number of anilines is 2. The van der Waals surface area contributed by atoms with Gasteiger partial charge in [0.05, 0.1) is 22.9 Å². The summed E-state index contributed by atoms with van der Waals surface area (Å²) in [5.74, 6) is 0.607. The minimum absolute atomic E-state index is 0.187. The molecule has 0 radical (unpaired) electrons. The third kappa shape index (κ3) is 7.42. The van der Waals surface area contributed by atoms with Crippen LogP contribution in [-0.2, 0) is 30.9 Å². The number of rotatable bonds is 11. The fourth-order valence-electron chi connectivity index (χ4n) is 5.55.